The van der Waals surface area contributed by atoms with Gasteiger partial charge in [-0.05, 0) is 6.92 Å². The highest BCUT2D eigenvalue weighted by Gasteiger charge is 2.29. The highest BCUT2D eigenvalue weighted by Crippen LogP contribution is 2.02. The molecule has 4 amide bonds. The van der Waals surface area contributed by atoms with Crippen molar-refractivity contribution in [3.63, 3.8) is 0 Å². The fourth-order valence-electron chi connectivity index (χ4n) is 2.46. The Morgan fingerprint density at radius 3 is 2.12 bits per heavy atom. The second kappa shape index (κ2) is 12.0. The van der Waals surface area contributed by atoms with E-state index in [-0.39, 0.29) is 6.42 Å². The topological polar surface area (TPSA) is 260 Å². The maximum Gasteiger partial charge on any atom is 0.326 e. The molecule has 0 aliphatic carbocycles. The number of aromatic amines is 1. The van der Waals surface area contributed by atoms with Crippen molar-refractivity contribution in [1.29, 1.82) is 0 Å². The molecule has 15 heteroatoms. The number of H-pyrrole nitrogens is 1. The molecule has 0 aromatic carbocycles. The molecule has 1 aromatic rings. The van der Waals surface area contributed by atoms with Gasteiger partial charge >= 0.3 is 11.9 Å². The molecule has 15 nitrogen and oxygen atoms in total. The summed E-state index contributed by atoms with van der Waals surface area (Å²) < 4.78 is 0. The van der Waals surface area contributed by atoms with Gasteiger partial charge in [0, 0.05) is 18.3 Å². The van der Waals surface area contributed by atoms with E-state index in [2.05, 4.69) is 20.6 Å². The first kappa shape index (κ1) is 26.0. The molecular weight excluding hydrogens is 430 g/mol. The third-order valence-corrected chi connectivity index (χ3v) is 4.12. The maximum atomic E-state index is 12.7. The van der Waals surface area contributed by atoms with Crippen molar-refractivity contribution in [3.05, 3.63) is 18.2 Å². The first-order chi connectivity index (χ1) is 14.9. The first-order valence-corrected chi connectivity index (χ1v) is 9.27. The monoisotopic (exact) mass is 455 g/mol. The number of aliphatic carboxylic acids is 2. The van der Waals surface area contributed by atoms with E-state index in [1.54, 1.807) is 0 Å². The second-order valence-corrected chi connectivity index (χ2v) is 6.85. The number of hydrogen-bond acceptors (Lipinski definition) is 8. The smallest absolute Gasteiger partial charge is 0.326 e. The molecule has 0 bridgehead atoms. The average molecular weight is 455 g/mol. The van der Waals surface area contributed by atoms with Crippen molar-refractivity contribution in [2.75, 3.05) is 0 Å². The van der Waals surface area contributed by atoms with Gasteiger partial charge in [0.05, 0.1) is 25.2 Å². The molecule has 32 heavy (non-hydrogen) atoms. The molecule has 4 atom stereocenters. The minimum absolute atomic E-state index is 0.0774. The van der Waals surface area contributed by atoms with Crippen LogP contribution in [0.25, 0.3) is 0 Å². The number of amides is 4. The van der Waals surface area contributed by atoms with E-state index in [9.17, 15) is 28.8 Å². The van der Waals surface area contributed by atoms with Crippen LogP contribution in [0.2, 0.25) is 0 Å². The van der Waals surface area contributed by atoms with Crippen molar-refractivity contribution < 1.29 is 39.0 Å². The van der Waals surface area contributed by atoms with Crippen LogP contribution in [0.5, 0.6) is 0 Å². The number of carbonyl (C=O) groups excluding carboxylic acids is 4. The third-order valence-electron chi connectivity index (χ3n) is 4.12. The Morgan fingerprint density at radius 1 is 1.00 bits per heavy atom. The number of primary amides is 1. The Bertz CT molecular complexity index is 857. The van der Waals surface area contributed by atoms with Gasteiger partial charge in [-0.1, -0.05) is 0 Å². The van der Waals surface area contributed by atoms with Crippen LogP contribution in [-0.2, 0) is 35.2 Å². The molecule has 10 N–H and O–H groups in total. The van der Waals surface area contributed by atoms with E-state index in [0.717, 1.165) is 0 Å². The molecule has 0 aliphatic rings. The lowest BCUT2D eigenvalue weighted by molar-refractivity contribution is -0.147. The van der Waals surface area contributed by atoms with E-state index in [4.69, 9.17) is 21.7 Å². The van der Waals surface area contributed by atoms with Crippen LogP contribution in [0.4, 0.5) is 0 Å². The van der Waals surface area contributed by atoms with Crippen LogP contribution in [-0.4, -0.2) is 79.9 Å². The SMILES string of the molecule is CC(NC(=O)C(Cc1cnc[nH]1)NC(=O)C(N)CC(N)=O)C(=O)NC(CC(=O)O)C(=O)O. The number of carbonyl (C=O) groups is 6. The molecule has 1 rings (SSSR count). The summed E-state index contributed by atoms with van der Waals surface area (Å²) in [4.78, 5) is 76.4. The van der Waals surface area contributed by atoms with E-state index in [1.807, 2.05) is 5.32 Å². The Labute approximate surface area is 181 Å². The maximum absolute atomic E-state index is 12.7. The molecule has 0 radical (unpaired) electrons. The molecule has 0 saturated carbocycles. The zero-order valence-electron chi connectivity index (χ0n) is 17.0. The van der Waals surface area contributed by atoms with Crippen molar-refractivity contribution >= 4 is 35.6 Å². The summed E-state index contributed by atoms with van der Waals surface area (Å²) in [7, 11) is 0. The normalized spacial score (nSPS) is 14.3. The Kier molecular flexibility index (Phi) is 9.75. The number of nitrogens with one attached hydrogen (secondary N) is 4. The third kappa shape index (κ3) is 8.78. The predicted octanol–water partition coefficient (Wildman–Crippen LogP) is -3.81. The van der Waals surface area contributed by atoms with Gasteiger partial charge in [-0.3, -0.25) is 24.0 Å². The number of imidazole rings is 1. The lowest BCUT2D eigenvalue weighted by Crippen LogP contribution is -2.57. The molecule has 0 aliphatic heterocycles. The predicted molar refractivity (Wildman–Crippen MR) is 105 cm³/mol. The number of hydrogen-bond donors (Lipinski definition) is 8. The van der Waals surface area contributed by atoms with Crippen LogP contribution in [0.3, 0.4) is 0 Å². The van der Waals surface area contributed by atoms with Crippen LogP contribution in [0.15, 0.2) is 12.5 Å². The van der Waals surface area contributed by atoms with E-state index < -0.39 is 72.6 Å². The van der Waals surface area contributed by atoms with Gasteiger partial charge < -0.3 is 42.6 Å². The van der Waals surface area contributed by atoms with E-state index in [0.29, 0.717) is 5.69 Å². The van der Waals surface area contributed by atoms with Gasteiger partial charge in [0.25, 0.3) is 0 Å². The van der Waals surface area contributed by atoms with Gasteiger partial charge in [-0.2, -0.15) is 0 Å². The lowest BCUT2D eigenvalue weighted by atomic mass is 10.1. The van der Waals surface area contributed by atoms with Gasteiger partial charge in [-0.25, -0.2) is 9.78 Å². The molecule has 1 heterocycles. The minimum atomic E-state index is -1.70. The van der Waals surface area contributed by atoms with Crippen LogP contribution >= 0.6 is 0 Å². The van der Waals surface area contributed by atoms with Crippen molar-refractivity contribution in [2.24, 2.45) is 11.5 Å². The second-order valence-electron chi connectivity index (χ2n) is 6.85. The highest BCUT2D eigenvalue weighted by molar-refractivity contribution is 5.95. The van der Waals surface area contributed by atoms with Gasteiger partial charge in [0.15, 0.2) is 0 Å². The van der Waals surface area contributed by atoms with E-state index >= 15 is 0 Å². The molecule has 0 fully saturated rings. The molecule has 1 aromatic heterocycles. The fraction of sp³-hybridized carbons (Fsp3) is 0.471. The number of carboxylic acids is 2. The summed E-state index contributed by atoms with van der Waals surface area (Å²) >= 11 is 0. The number of carboxylic acid groups (broad SMARTS) is 2. The molecule has 0 spiro atoms. The largest absolute Gasteiger partial charge is 0.481 e. The summed E-state index contributed by atoms with van der Waals surface area (Å²) in [5.41, 5.74) is 11.0. The Morgan fingerprint density at radius 2 is 1.62 bits per heavy atom. The minimum Gasteiger partial charge on any atom is -0.481 e. The van der Waals surface area contributed by atoms with Crippen LogP contribution in [0, 0.1) is 0 Å². The summed E-state index contributed by atoms with van der Waals surface area (Å²) in [6.07, 6.45) is 1.35. The standard InChI is InChI=1S/C17H25N7O8/c1-7(14(28)24-11(17(31)32)4-13(26)27)22-16(30)10(2-8-5-20-6-21-8)23-15(29)9(18)3-12(19)25/h5-7,9-11H,2-4,18H2,1H3,(H2,19,25)(H,20,21)(H,22,30)(H,23,29)(H,24,28)(H,26,27)(H,31,32). The van der Waals surface area contributed by atoms with Gasteiger partial charge in [0.2, 0.25) is 23.6 Å². The number of nitrogens with two attached hydrogens (primary N) is 2. The molecular formula is C17H25N7O8. The average Bonchev–Trinajstić information content (AvgIpc) is 3.18. The summed E-state index contributed by atoms with van der Waals surface area (Å²) in [5.74, 6) is -6.44. The van der Waals surface area contributed by atoms with Crippen molar-refractivity contribution in [2.45, 2.75) is 50.4 Å². The Balaban J connectivity index is 2.86. The number of rotatable bonds is 13. The molecule has 176 valence electrons. The van der Waals surface area contributed by atoms with Crippen LogP contribution in [0.1, 0.15) is 25.5 Å². The molecule has 0 saturated heterocycles. The zero-order valence-corrected chi connectivity index (χ0v) is 17.0. The van der Waals surface area contributed by atoms with Crippen molar-refractivity contribution in [3.8, 4) is 0 Å². The summed E-state index contributed by atoms with van der Waals surface area (Å²) in [5, 5.41) is 24.4. The number of aromatic nitrogens is 2. The van der Waals surface area contributed by atoms with Gasteiger partial charge in [-0.15, -0.1) is 0 Å². The fourth-order valence-corrected chi connectivity index (χ4v) is 2.46. The van der Waals surface area contributed by atoms with Crippen LogP contribution < -0.4 is 27.4 Å². The number of nitrogens with zero attached hydrogens (tertiary/aromatic N) is 1. The Hall–Kier alpha value is -4.01. The lowest BCUT2D eigenvalue weighted by Gasteiger charge is -2.23. The van der Waals surface area contributed by atoms with E-state index in [1.165, 1.54) is 19.4 Å². The molecule has 4 unspecified atom stereocenters. The summed E-state index contributed by atoms with van der Waals surface area (Å²) in [6, 6.07) is -5.53. The van der Waals surface area contributed by atoms with Gasteiger partial charge in [0.1, 0.15) is 18.1 Å². The zero-order chi connectivity index (χ0) is 24.4. The first-order valence-electron chi connectivity index (χ1n) is 9.27. The highest BCUT2D eigenvalue weighted by atomic mass is 16.4. The quantitative estimate of drug-likeness (QED) is 0.144. The summed E-state index contributed by atoms with van der Waals surface area (Å²) in [6.45, 7) is 1.24. The van der Waals surface area contributed by atoms with Crippen molar-refractivity contribution in [1.82, 2.24) is 25.9 Å².